The molecule has 0 unspecified atom stereocenters. The first-order valence-electron chi connectivity index (χ1n) is 10.1. The van der Waals surface area contributed by atoms with Crippen LogP contribution < -0.4 is 15.0 Å². The summed E-state index contributed by atoms with van der Waals surface area (Å²) in [5, 5.41) is 5.05. The van der Waals surface area contributed by atoms with E-state index in [1.807, 2.05) is 32.2 Å². The van der Waals surface area contributed by atoms with Gasteiger partial charge in [0.15, 0.2) is 10.8 Å². The molecule has 2 aromatic heterocycles. The van der Waals surface area contributed by atoms with Crippen molar-refractivity contribution < 1.29 is 9.53 Å². The molecule has 0 saturated carbocycles. The molecule has 0 aliphatic rings. The highest BCUT2D eigenvalue weighted by Gasteiger charge is 2.16. The molecule has 0 aliphatic carbocycles. The summed E-state index contributed by atoms with van der Waals surface area (Å²) in [6.07, 6.45) is 1.48. The fourth-order valence-electron chi connectivity index (χ4n) is 3.16. The summed E-state index contributed by atoms with van der Waals surface area (Å²) in [5.74, 6) is 0.531. The molecule has 2 aromatic carbocycles. The van der Waals surface area contributed by atoms with Crippen LogP contribution >= 0.6 is 34.7 Å². The lowest BCUT2D eigenvalue weighted by atomic mass is 10.2. The van der Waals surface area contributed by atoms with Crippen LogP contribution in [0.4, 0.5) is 10.8 Å². The maximum absolute atomic E-state index is 12.6. The quantitative estimate of drug-likeness (QED) is 0.256. The summed E-state index contributed by atoms with van der Waals surface area (Å²) in [4.78, 5) is 28.0. The molecule has 33 heavy (non-hydrogen) atoms. The van der Waals surface area contributed by atoms with Crippen molar-refractivity contribution in [3.63, 3.8) is 0 Å². The van der Waals surface area contributed by atoms with E-state index in [1.165, 1.54) is 35.0 Å². The van der Waals surface area contributed by atoms with Crippen molar-refractivity contribution in [2.75, 3.05) is 30.1 Å². The van der Waals surface area contributed by atoms with Crippen molar-refractivity contribution in [2.45, 2.75) is 18.5 Å². The molecule has 0 spiro atoms. The minimum Gasteiger partial charge on any atom is -0.495 e. The number of anilines is 2. The molecule has 7 nitrogen and oxygen atoms in total. The Morgan fingerprint density at radius 2 is 2.03 bits per heavy atom. The van der Waals surface area contributed by atoms with Gasteiger partial charge in [0.05, 0.1) is 18.6 Å². The zero-order valence-electron chi connectivity index (χ0n) is 18.3. The molecule has 0 fully saturated rings. The largest absolute Gasteiger partial charge is 0.495 e. The van der Waals surface area contributed by atoms with E-state index < -0.39 is 0 Å². The van der Waals surface area contributed by atoms with Gasteiger partial charge in [-0.25, -0.2) is 9.97 Å². The maximum Gasteiger partial charge on any atom is 0.234 e. The Balaban J connectivity index is 1.46. The smallest absolute Gasteiger partial charge is 0.234 e. The second-order valence-corrected chi connectivity index (χ2v) is 9.66. The first-order valence-corrected chi connectivity index (χ1v) is 12.3. The lowest BCUT2D eigenvalue weighted by Gasteiger charge is -2.15. The summed E-state index contributed by atoms with van der Waals surface area (Å²) in [6, 6.07) is 13.7. The molecule has 0 bridgehead atoms. The third kappa shape index (κ3) is 5.55. The first-order chi connectivity index (χ1) is 15.9. The topological polar surface area (TPSA) is 80.2 Å². The zero-order valence-corrected chi connectivity index (χ0v) is 20.7. The van der Waals surface area contributed by atoms with Crippen LogP contribution in [-0.4, -0.2) is 40.8 Å². The van der Waals surface area contributed by atoms with E-state index in [0.29, 0.717) is 22.1 Å². The third-order valence-electron chi connectivity index (χ3n) is 4.83. The number of aromatic nitrogens is 3. The lowest BCUT2D eigenvalue weighted by molar-refractivity contribution is -0.113. The number of carbonyl (C=O) groups is 1. The molecule has 0 radical (unpaired) electrons. The number of carbonyl (C=O) groups excluding carboxylic acids is 1. The first kappa shape index (κ1) is 23.3. The fraction of sp³-hybridized carbons (Fsp3) is 0.217. The number of amides is 1. The van der Waals surface area contributed by atoms with E-state index in [0.717, 1.165) is 27.0 Å². The Morgan fingerprint density at radius 3 is 2.79 bits per heavy atom. The van der Waals surface area contributed by atoms with Gasteiger partial charge in [-0.3, -0.25) is 4.79 Å². The van der Waals surface area contributed by atoms with Gasteiger partial charge in [-0.2, -0.15) is 4.98 Å². The summed E-state index contributed by atoms with van der Waals surface area (Å²) in [6.45, 7) is 2.61. The Hall–Kier alpha value is -2.88. The number of methoxy groups -OCH3 is 1. The van der Waals surface area contributed by atoms with E-state index in [2.05, 4.69) is 37.3 Å². The Bertz CT molecular complexity index is 1280. The maximum atomic E-state index is 12.6. The summed E-state index contributed by atoms with van der Waals surface area (Å²) >= 11 is 9.02. The number of hydrogen-bond donors (Lipinski definition) is 1. The van der Waals surface area contributed by atoms with Gasteiger partial charge >= 0.3 is 0 Å². The standard InChI is InChI=1S/C23H22ClN5O2S2/c1-14-9-17(18(31-3)10-16(14)24)27-19(30)12-32-22-20-21(25-13-26-22)28-23(33-20)29(2)11-15-7-5-4-6-8-15/h4-10,13H,11-12H2,1-3H3,(H,27,30). The fourth-order valence-corrected chi connectivity index (χ4v) is 5.17. The van der Waals surface area contributed by atoms with Crippen molar-refractivity contribution in [3.05, 3.63) is 64.9 Å². The highest BCUT2D eigenvalue weighted by molar-refractivity contribution is 8.00. The molecule has 0 aliphatic heterocycles. The highest BCUT2D eigenvalue weighted by atomic mass is 35.5. The van der Waals surface area contributed by atoms with Crippen LogP contribution in [0.25, 0.3) is 10.3 Å². The minimum absolute atomic E-state index is 0.169. The van der Waals surface area contributed by atoms with Crippen molar-refractivity contribution in [1.29, 1.82) is 0 Å². The number of benzene rings is 2. The molecule has 4 rings (SSSR count). The number of thioether (sulfide) groups is 1. The molecule has 1 amide bonds. The number of aryl methyl sites for hydroxylation is 1. The third-order valence-corrected chi connectivity index (χ3v) is 7.52. The van der Waals surface area contributed by atoms with Crippen LogP contribution in [0, 0.1) is 6.92 Å². The number of nitrogens with zero attached hydrogens (tertiary/aromatic N) is 4. The summed E-state index contributed by atoms with van der Waals surface area (Å²) in [7, 11) is 3.54. The minimum atomic E-state index is -0.169. The van der Waals surface area contributed by atoms with Crippen molar-refractivity contribution in [2.24, 2.45) is 0 Å². The van der Waals surface area contributed by atoms with Gasteiger partial charge in [0.2, 0.25) is 5.91 Å². The average Bonchev–Trinajstić information content (AvgIpc) is 3.26. The summed E-state index contributed by atoms with van der Waals surface area (Å²) < 4.78 is 6.20. The normalized spacial score (nSPS) is 10.9. The zero-order chi connectivity index (χ0) is 23.4. The van der Waals surface area contributed by atoms with Gasteiger partial charge in [0, 0.05) is 24.7 Å². The van der Waals surface area contributed by atoms with Gasteiger partial charge in [-0.1, -0.05) is 65.0 Å². The van der Waals surface area contributed by atoms with E-state index >= 15 is 0 Å². The second-order valence-electron chi connectivity index (χ2n) is 7.31. The lowest BCUT2D eigenvalue weighted by Crippen LogP contribution is -2.15. The van der Waals surface area contributed by atoms with Gasteiger partial charge in [0.25, 0.3) is 0 Å². The Morgan fingerprint density at radius 1 is 1.24 bits per heavy atom. The van der Waals surface area contributed by atoms with Gasteiger partial charge in [-0.05, 0) is 24.1 Å². The monoisotopic (exact) mass is 499 g/mol. The molecule has 0 saturated heterocycles. The number of thiazole rings is 1. The molecule has 0 atom stereocenters. The number of hydrogen-bond acceptors (Lipinski definition) is 8. The molecule has 4 aromatic rings. The molecule has 10 heteroatoms. The van der Waals surface area contributed by atoms with E-state index in [9.17, 15) is 4.79 Å². The molecule has 170 valence electrons. The van der Waals surface area contributed by atoms with E-state index in [-0.39, 0.29) is 11.7 Å². The van der Waals surface area contributed by atoms with Crippen LogP contribution in [0.15, 0.2) is 53.8 Å². The van der Waals surface area contributed by atoms with Crippen molar-refractivity contribution in [1.82, 2.24) is 15.0 Å². The van der Waals surface area contributed by atoms with Crippen LogP contribution in [-0.2, 0) is 11.3 Å². The molecular weight excluding hydrogens is 478 g/mol. The van der Waals surface area contributed by atoms with Crippen LogP contribution in [0.2, 0.25) is 5.02 Å². The Kier molecular flexibility index (Phi) is 7.32. The predicted octanol–water partition coefficient (Wildman–Crippen LogP) is 5.42. The summed E-state index contributed by atoms with van der Waals surface area (Å²) in [5.41, 5.74) is 3.27. The van der Waals surface area contributed by atoms with Crippen molar-refractivity contribution >= 4 is 61.8 Å². The Labute approximate surface area is 205 Å². The van der Waals surface area contributed by atoms with Crippen LogP contribution in [0.3, 0.4) is 0 Å². The number of nitrogens with one attached hydrogen (secondary N) is 1. The number of ether oxygens (including phenoxy) is 1. The van der Waals surface area contributed by atoms with E-state index in [4.69, 9.17) is 16.3 Å². The number of rotatable bonds is 8. The molecular formula is C23H22ClN5O2S2. The second kappa shape index (κ2) is 10.4. The SMILES string of the molecule is COc1cc(Cl)c(C)cc1NC(=O)CSc1ncnc2nc(N(C)Cc3ccccc3)sc12. The van der Waals surface area contributed by atoms with Crippen LogP contribution in [0.1, 0.15) is 11.1 Å². The van der Waals surface area contributed by atoms with Crippen LogP contribution in [0.5, 0.6) is 5.75 Å². The molecule has 2 heterocycles. The van der Waals surface area contributed by atoms with Crippen molar-refractivity contribution in [3.8, 4) is 5.75 Å². The van der Waals surface area contributed by atoms with Gasteiger partial charge in [-0.15, -0.1) is 0 Å². The van der Waals surface area contributed by atoms with Gasteiger partial charge in [0.1, 0.15) is 21.8 Å². The predicted molar refractivity (Wildman–Crippen MR) is 136 cm³/mol. The highest BCUT2D eigenvalue weighted by Crippen LogP contribution is 2.34. The number of halogens is 1. The average molecular weight is 500 g/mol. The van der Waals surface area contributed by atoms with E-state index in [1.54, 1.807) is 19.2 Å². The van der Waals surface area contributed by atoms with Gasteiger partial charge < -0.3 is 15.0 Å². The molecule has 1 N–H and O–H groups in total. The number of fused-ring (bicyclic) bond motifs is 1.